The van der Waals surface area contributed by atoms with Crippen molar-refractivity contribution in [3.8, 4) is 0 Å². The van der Waals surface area contributed by atoms with Crippen molar-refractivity contribution in [2.45, 2.75) is 51.4 Å². The number of hydrogen-bond donors (Lipinski definition) is 1. The van der Waals surface area contributed by atoms with E-state index >= 15 is 0 Å². The first-order valence-electron chi connectivity index (χ1n) is 10.1. The Morgan fingerprint density at radius 3 is 3.00 bits per heavy atom. The van der Waals surface area contributed by atoms with Gasteiger partial charge in [-0.05, 0) is 44.4 Å². The smallest absolute Gasteiger partial charge is 0.257 e. The number of aromatic nitrogens is 4. The number of carbonyl (C=O) groups is 1. The fourth-order valence-electron chi connectivity index (χ4n) is 4.49. The van der Waals surface area contributed by atoms with Gasteiger partial charge in [0, 0.05) is 24.4 Å². The number of anilines is 1. The van der Waals surface area contributed by atoms with Crippen molar-refractivity contribution in [1.82, 2.24) is 24.9 Å². The first kappa shape index (κ1) is 18.9. The van der Waals surface area contributed by atoms with Gasteiger partial charge in [-0.25, -0.2) is 18.3 Å². The number of rotatable bonds is 0. The highest BCUT2D eigenvalue weighted by Crippen LogP contribution is 2.38. The standard InChI is InChI=1S/C21H22F2N6O/c1-11-3-4-16-15(7-13(22)9-24-16)17-8-14(23)10-28(17)18-5-6-29-20(26-18)19(12(2)27-29)21(30)25-11/h5-7,9,11,14,17H,3-4,8,10H2,1-2H3,(H,25,30)/t11-,14-,17+/m0/s1. The zero-order valence-electron chi connectivity index (χ0n) is 16.8. The molecule has 1 saturated heterocycles. The third kappa shape index (κ3) is 3.09. The molecule has 0 aromatic carbocycles. The van der Waals surface area contributed by atoms with Crippen LogP contribution in [0.3, 0.4) is 0 Å². The summed E-state index contributed by atoms with van der Waals surface area (Å²) in [7, 11) is 0. The van der Waals surface area contributed by atoms with E-state index in [1.165, 1.54) is 12.3 Å². The number of amides is 1. The highest BCUT2D eigenvalue weighted by molar-refractivity contribution is 6.01. The molecule has 1 N–H and O–H groups in total. The molecule has 0 aliphatic carbocycles. The molecule has 0 saturated carbocycles. The number of nitrogens with zero attached hydrogens (tertiary/aromatic N) is 5. The minimum Gasteiger partial charge on any atom is -0.349 e. The Balaban J connectivity index is 1.72. The van der Waals surface area contributed by atoms with Gasteiger partial charge in [-0.3, -0.25) is 9.78 Å². The molecule has 0 unspecified atom stereocenters. The van der Waals surface area contributed by atoms with E-state index in [-0.39, 0.29) is 31.0 Å². The average Bonchev–Trinajstić information content (AvgIpc) is 3.24. The van der Waals surface area contributed by atoms with Gasteiger partial charge in [0.25, 0.3) is 5.91 Å². The normalized spacial score (nSPS) is 24.1. The number of fused-ring (bicyclic) bond motifs is 5. The van der Waals surface area contributed by atoms with Crippen molar-refractivity contribution in [3.05, 3.63) is 52.9 Å². The highest BCUT2D eigenvalue weighted by atomic mass is 19.1. The van der Waals surface area contributed by atoms with Gasteiger partial charge >= 0.3 is 0 Å². The topological polar surface area (TPSA) is 75.4 Å². The molecule has 1 amide bonds. The van der Waals surface area contributed by atoms with Gasteiger partial charge in [-0.1, -0.05) is 0 Å². The summed E-state index contributed by atoms with van der Waals surface area (Å²) in [6.07, 6.45) is 3.26. The maximum atomic E-state index is 14.5. The molecule has 5 heterocycles. The van der Waals surface area contributed by atoms with Crippen LogP contribution in [-0.4, -0.2) is 44.2 Å². The van der Waals surface area contributed by atoms with Crippen LogP contribution in [0.2, 0.25) is 0 Å². The van der Waals surface area contributed by atoms with Gasteiger partial charge in [0.2, 0.25) is 0 Å². The fourth-order valence-corrected chi connectivity index (χ4v) is 4.49. The number of aryl methyl sites for hydroxylation is 2. The molecule has 3 atom stereocenters. The molecule has 3 aromatic heterocycles. The van der Waals surface area contributed by atoms with Gasteiger partial charge in [-0.2, -0.15) is 5.10 Å². The molecule has 30 heavy (non-hydrogen) atoms. The summed E-state index contributed by atoms with van der Waals surface area (Å²) in [5.41, 5.74) is 2.82. The summed E-state index contributed by atoms with van der Waals surface area (Å²) in [6, 6.07) is 2.69. The van der Waals surface area contributed by atoms with Crippen LogP contribution in [0.4, 0.5) is 14.6 Å². The zero-order valence-corrected chi connectivity index (χ0v) is 16.8. The number of nitrogens with one attached hydrogen (secondary N) is 1. The van der Waals surface area contributed by atoms with Gasteiger partial charge in [0.1, 0.15) is 23.4 Å². The van der Waals surface area contributed by atoms with Crippen molar-refractivity contribution >= 4 is 17.4 Å². The van der Waals surface area contributed by atoms with Crippen molar-refractivity contribution < 1.29 is 13.6 Å². The molecular formula is C21H22F2N6O. The molecular weight excluding hydrogens is 390 g/mol. The Labute approximate surface area is 172 Å². The molecule has 0 radical (unpaired) electrons. The van der Waals surface area contributed by atoms with Crippen LogP contribution in [0.25, 0.3) is 5.65 Å². The Morgan fingerprint density at radius 1 is 1.33 bits per heavy atom. The second-order valence-corrected chi connectivity index (χ2v) is 8.12. The number of pyridine rings is 1. The molecule has 5 rings (SSSR count). The lowest BCUT2D eigenvalue weighted by atomic mass is 9.98. The van der Waals surface area contributed by atoms with Gasteiger partial charge in [-0.15, -0.1) is 0 Å². The van der Waals surface area contributed by atoms with E-state index in [1.807, 2.05) is 11.8 Å². The Bertz CT molecular complexity index is 1150. The first-order chi connectivity index (χ1) is 14.4. The van der Waals surface area contributed by atoms with Crippen LogP contribution in [0, 0.1) is 12.7 Å². The number of halogens is 2. The number of hydrogen-bond acceptors (Lipinski definition) is 5. The minimum absolute atomic E-state index is 0.135. The van der Waals surface area contributed by atoms with Crippen LogP contribution in [-0.2, 0) is 6.42 Å². The summed E-state index contributed by atoms with van der Waals surface area (Å²) in [5, 5.41) is 7.40. The Hall–Kier alpha value is -3.10. The van der Waals surface area contributed by atoms with E-state index in [1.54, 1.807) is 23.7 Å². The number of carbonyl (C=O) groups excluding carboxylic acids is 1. The quantitative estimate of drug-likeness (QED) is 0.615. The van der Waals surface area contributed by atoms with Crippen LogP contribution in [0.15, 0.2) is 24.5 Å². The van der Waals surface area contributed by atoms with Gasteiger partial charge in [0.15, 0.2) is 5.65 Å². The van der Waals surface area contributed by atoms with E-state index in [0.29, 0.717) is 41.1 Å². The van der Waals surface area contributed by atoms with E-state index in [4.69, 9.17) is 0 Å². The van der Waals surface area contributed by atoms with Crippen LogP contribution in [0.5, 0.6) is 0 Å². The zero-order chi connectivity index (χ0) is 21.0. The highest BCUT2D eigenvalue weighted by Gasteiger charge is 2.36. The summed E-state index contributed by atoms with van der Waals surface area (Å²) >= 11 is 0. The van der Waals surface area contributed by atoms with E-state index in [0.717, 1.165) is 5.69 Å². The molecule has 2 aliphatic rings. The molecule has 2 aliphatic heterocycles. The summed E-state index contributed by atoms with van der Waals surface area (Å²) < 4.78 is 30.2. The largest absolute Gasteiger partial charge is 0.349 e. The maximum absolute atomic E-state index is 14.5. The summed E-state index contributed by atoms with van der Waals surface area (Å²) in [6.45, 7) is 3.83. The Morgan fingerprint density at radius 2 is 2.17 bits per heavy atom. The predicted molar refractivity (Wildman–Crippen MR) is 107 cm³/mol. The monoisotopic (exact) mass is 412 g/mol. The molecule has 7 nitrogen and oxygen atoms in total. The molecule has 9 heteroatoms. The lowest BCUT2D eigenvalue weighted by molar-refractivity contribution is 0.0939. The van der Waals surface area contributed by atoms with Crippen LogP contribution < -0.4 is 10.2 Å². The van der Waals surface area contributed by atoms with Gasteiger partial charge in [0.05, 0.1) is 24.5 Å². The first-order valence-corrected chi connectivity index (χ1v) is 10.1. The fraction of sp³-hybridized carbons (Fsp3) is 0.429. The molecule has 1 fully saturated rings. The second kappa shape index (κ2) is 7.00. The molecule has 156 valence electrons. The van der Waals surface area contributed by atoms with Crippen LogP contribution in [0.1, 0.15) is 53.1 Å². The molecule has 3 aromatic rings. The van der Waals surface area contributed by atoms with E-state index in [9.17, 15) is 13.6 Å². The molecule has 2 bridgehead atoms. The van der Waals surface area contributed by atoms with Crippen LogP contribution >= 0.6 is 0 Å². The lowest BCUT2D eigenvalue weighted by Crippen LogP contribution is -2.33. The van der Waals surface area contributed by atoms with E-state index < -0.39 is 12.0 Å². The minimum atomic E-state index is -1.06. The third-order valence-corrected chi connectivity index (χ3v) is 5.94. The van der Waals surface area contributed by atoms with Gasteiger partial charge < -0.3 is 10.2 Å². The van der Waals surface area contributed by atoms with Crippen molar-refractivity contribution in [3.63, 3.8) is 0 Å². The summed E-state index contributed by atoms with van der Waals surface area (Å²) in [4.78, 5) is 23.8. The molecule has 0 spiro atoms. The summed E-state index contributed by atoms with van der Waals surface area (Å²) in [5.74, 6) is -0.157. The van der Waals surface area contributed by atoms with Crippen molar-refractivity contribution in [2.75, 3.05) is 11.4 Å². The average molecular weight is 412 g/mol. The Kier molecular flexibility index (Phi) is 4.41. The van der Waals surface area contributed by atoms with E-state index in [2.05, 4.69) is 20.4 Å². The maximum Gasteiger partial charge on any atom is 0.257 e. The third-order valence-electron chi connectivity index (χ3n) is 5.94. The lowest BCUT2D eigenvalue weighted by Gasteiger charge is -2.27. The predicted octanol–water partition coefficient (Wildman–Crippen LogP) is 2.93. The number of alkyl halides is 1. The SMILES string of the molecule is Cc1nn2ccc3nc2c1C(=O)N[C@@H](C)CCc1ncc(F)cc1[C@H]1C[C@H](F)CN31. The van der Waals surface area contributed by atoms with Crippen molar-refractivity contribution in [2.24, 2.45) is 0 Å². The van der Waals surface area contributed by atoms with Crippen molar-refractivity contribution in [1.29, 1.82) is 0 Å². The second-order valence-electron chi connectivity index (χ2n) is 8.12.